The van der Waals surface area contributed by atoms with Crippen LogP contribution in [0, 0.1) is 6.92 Å². The first kappa shape index (κ1) is 29.7. The number of anilines is 1. The molecule has 0 radical (unpaired) electrons. The van der Waals surface area contributed by atoms with Crippen LogP contribution in [0.2, 0.25) is 0 Å². The normalized spacial score (nSPS) is 32.9. The molecule has 4 aromatic rings. The minimum absolute atomic E-state index is 0.0543. The number of aromatic amines is 1. The second-order valence-electron chi connectivity index (χ2n) is 9.44. The highest BCUT2D eigenvalue weighted by Crippen LogP contribution is 2.58. The Kier molecular flexibility index (Phi) is 7.75. The van der Waals surface area contributed by atoms with Gasteiger partial charge in [-0.15, -0.1) is 0 Å². The Bertz CT molecular complexity index is 1840. The summed E-state index contributed by atoms with van der Waals surface area (Å²) in [5, 5.41) is 0. The van der Waals surface area contributed by atoms with Gasteiger partial charge in [-0.25, -0.2) is 28.9 Å². The van der Waals surface area contributed by atoms with E-state index in [1.165, 1.54) is 24.0 Å². The molecule has 6 rings (SSSR count). The van der Waals surface area contributed by atoms with Crippen molar-refractivity contribution < 1.29 is 36.7 Å². The van der Waals surface area contributed by atoms with Gasteiger partial charge in [0.05, 0.1) is 25.2 Å². The van der Waals surface area contributed by atoms with E-state index in [-0.39, 0.29) is 36.1 Å². The second kappa shape index (κ2) is 11.0. The van der Waals surface area contributed by atoms with Gasteiger partial charge in [0.15, 0.2) is 29.2 Å². The first-order valence-corrected chi connectivity index (χ1v) is 17.6. The fourth-order valence-electron chi connectivity index (χ4n) is 4.76. The van der Waals surface area contributed by atoms with Crippen molar-refractivity contribution in [1.82, 2.24) is 39.0 Å². The molecule has 0 aromatic carbocycles. The molecule has 17 nitrogen and oxygen atoms in total. The molecule has 42 heavy (non-hydrogen) atoms. The number of nitrogens with one attached hydrogen (secondary N) is 1. The van der Waals surface area contributed by atoms with Crippen LogP contribution in [0.5, 0.6) is 0 Å². The topological polar surface area (TPSA) is 217 Å². The Morgan fingerprint density at radius 1 is 1.21 bits per heavy atom. The number of nitrogens with two attached hydrogens (primary N) is 1. The van der Waals surface area contributed by atoms with Gasteiger partial charge < -0.3 is 29.0 Å². The number of hydrogen-bond acceptors (Lipinski definition) is 14. The quantitative estimate of drug-likeness (QED) is 0.168. The lowest BCUT2D eigenvalue weighted by molar-refractivity contribution is -0.0681. The molecule has 2 bridgehead atoms. The average Bonchev–Trinajstić information content (AvgIpc) is 3.56. The first-order valence-electron chi connectivity index (χ1n) is 12.3. The minimum Gasteiger partial charge on any atom is -0.369 e. The van der Waals surface area contributed by atoms with Crippen LogP contribution in [-0.2, 0) is 52.4 Å². The zero-order chi connectivity index (χ0) is 30.0. The average molecular weight is 664 g/mol. The Morgan fingerprint density at radius 3 is 2.79 bits per heavy atom. The molecule has 0 spiro atoms. The Balaban J connectivity index is 1.41. The first-order chi connectivity index (χ1) is 19.8. The van der Waals surface area contributed by atoms with Crippen molar-refractivity contribution in [2.45, 2.75) is 57.7 Å². The van der Waals surface area contributed by atoms with Crippen LogP contribution in [-0.4, -0.2) is 75.0 Å². The van der Waals surface area contributed by atoms with Gasteiger partial charge >= 0.3 is 13.5 Å². The highest BCUT2D eigenvalue weighted by Gasteiger charge is 2.53. The SMILES string of the molecule is Cc1ncc2nc3n(c2n1)CCOP(O)(=S)OC(C)[C@H]1O[C@@H](n2cnc4c(=O)[nH]c(N)nc42)[C@H](OP(=O)(S)OC3)[C@@H]1F. The number of imidazole rings is 2. The van der Waals surface area contributed by atoms with Gasteiger partial charge in [-0.1, -0.05) is 12.2 Å². The number of fused-ring (bicyclic) bond motifs is 6. The number of nitrogen functional groups attached to an aromatic ring is 1. The van der Waals surface area contributed by atoms with E-state index in [1.807, 2.05) is 0 Å². The fraction of sp³-hybridized carbons (Fsp3) is 0.500. The van der Waals surface area contributed by atoms with E-state index in [4.69, 9.17) is 40.4 Å². The molecule has 7 atom stereocenters. The zero-order valence-electron chi connectivity index (χ0n) is 21.8. The standard InChI is InChI=1S/C20H24FN9O8P2S2/c1-8-14-12(21)15(19(36-14)30-7-24-13-17(30)27-20(22)28-18(13)31)38-40(33,42)35-6-11-26-10-5-23-9(2)25-16(10)29(11)3-4-34-39(32,41)37-8/h5,7-8,12,14-15,19H,3-4,6H2,1-2H3,(H,32,41)(H,33,42)(H3,22,27,28,31)/t8?,12-,14-,15-,19-,39?,40?/m1/s1. The highest BCUT2D eigenvalue weighted by atomic mass is 32.7. The molecule has 4 N–H and O–H groups in total. The molecule has 1 saturated heterocycles. The molecule has 226 valence electrons. The molecule has 0 amide bonds. The van der Waals surface area contributed by atoms with Crippen molar-refractivity contribution in [3.63, 3.8) is 0 Å². The molecule has 0 aliphatic carbocycles. The smallest absolute Gasteiger partial charge is 0.369 e. The van der Waals surface area contributed by atoms with Crippen LogP contribution in [0.4, 0.5) is 10.3 Å². The molecule has 2 aliphatic heterocycles. The third-order valence-electron chi connectivity index (χ3n) is 6.56. The number of aryl methyl sites for hydroxylation is 1. The molecule has 4 aromatic heterocycles. The van der Waals surface area contributed by atoms with Crippen molar-refractivity contribution in [2.24, 2.45) is 0 Å². The number of H-pyrrole nitrogens is 1. The zero-order valence-corrected chi connectivity index (χ0v) is 25.3. The summed E-state index contributed by atoms with van der Waals surface area (Å²) in [7, 11) is 0. The minimum atomic E-state index is -4.33. The van der Waals surface area contributed by atoms with Gasteiger partial charge in [-0.05, 0) is 25.7 Å². The lowest BCUT2D eigenvalue weighted by atomic mass is 10.1. The summed E-state index contributed by atoms with van der Waals surface area (Å²) in [6.07, 6.45) is -5.03. The van der Waals surface area contributed by atoms with Gasteiger partial charge in [0, 0.05) is 6.54 Å². The molecule has 2 aliphatic rings. The van der Waals surface area contributed by atoms with E-state index < -0.39 is 56.4 Å². The number of hydrogen-bond donors (Lipinski definition) is 4. The second-order valence-corrected chi connectivity index (χ2v) is 15.1. The Labute approximate surface area is 245 Å². The monoisotopic (exact) mass is 663 g/mol. The molecule has 22 heteroatoms. The van der Waals surface area contributed by atoms with E-state index in [0.29, 0.717) is 17.0 Å². The largest absolute Gasteiger partial charge is 0.387 e. The predicted molar refractivity (Wildman–Crippen MR) is 151 cm³/mol. The highest BCUT2D eigenvalue weighted by molar-refractivity contribution is 8.44. The van der Waals surface area contributed by atoms with E-state index in [1.54, 1.807) is 11.5 Å². The molecule has 6 heterocycles. The van der Waals surface area contributed by atoms with Crippen molar-refractivity contribution in [3.8, 4) is 0 Å². The Hall–Kier alpha value is -2.38. The van der Waals surface area contributed by atoms with Crippen LogP contribution in [0.3, 0.4) is 0 Å². The molecule has 3 unspecified atom stereocenters. The van der Waals surface area contributed by atoms with Crippen LogP contribution >= 0.6 is 25.8 Å². The number of nitrogens with zero attached hydrogens (tertiary/aromatic N) is 7. The molecular weight excluding hydrogens is 639 g/mol. The lowest BCUT2D eigenvalue weighted by Gasteiger charge is -2.25. The van der Waals surface area contributed by atoms with Crippen LogP contribution in [0.1, 0.15) is 24.8 Å². The van der Waals surface area contributed by atoms with Gasteiger partial charge in [0.2, 0.25) is 5.95 Å². The molecular formula is C20H24FN9O8P2S2. The summed E-state index contributed by atoms with van der Waals surface area (Å²) in [5.41, 5.74) is 5.73. The number of halogens is 1. The third kappa shape index (κ3) is 5.63. The number of aromatic nitrogens is 8. The van der Waals surface area contributed by atoms with E-state index in [9.17, 15) is 14.3 Å². The van der Waals surface area contributed by atoms with Crippen molar-refractivity contribution in [1.29, 1.82) is 0 Å². The maximum Gasteiger partial charge on any atom is 0.387 e. The third-order valence-corrected chi connectivity index (χ3v) is 9.84. The van der Waals surface area contributed by atoms with Crippen LogP contribution in [0.25, 0.3) is 22.3 Å². The van der Waals surface area contributed by atoms with E-state index in [2.05, 4.69) is 42.2 Å². The maximum atomic E-state index is 16.1. The number of thiol groups is 1. The fourth-order valence-corrected chi connectivity index (χ4v) is 7.67. The molecule has 1 fully saturated rings. The van der Waals surface area contributed by atoms with Gasteiger partial charge in [0.1, 0.15) is 36.0 Å². The summed E-state index contributed by atoms with van der Waals surface area (Å²) in [4.78, 5) is 46.5. The number of alkyl halides is 1. The summed E-state index contributed by atoms with van der Waals surface area (Å²) in [5.74, 6) is 0.486. The van der Waals surface area contributed by atoms with Crippen LogP contribution in [0.15, 0.2) is 17.3 Å². The van der Waals surface area contributed by atoms with Gasteiger partial charge in [0.25, 0.3) is 5.56 Å². The van der Waals surface area contributed by atoms with Crippen molar-refractivity contribution >= 4 is 65.8 Å². The predicted octanol–water partition coefficient (Wildman–Crippen LogP) is 1.68. The molecule has 0 saturated carbocycles. The summed E-state index contributed by atoms with van der Waals surface area (Å²) >= 11 is 9.27. The summed E-state index contributed by atoms with van der Waals surface area (Å²) in [6, 6.07) is 0. The van der Waals surface area contributed by atoms with Crippen molar-refractivity contribution in [3.05, 3.63) is 34.5 Å². The maximum absolute atomic E-state index is 16.1. The summed E-state index contributed by atoms with van der Waals surface area (Å²) < 4.78 is 60.6. The van der Waals surface area contributed by atoms with E-state index in [0.717, 1.165) is 0 Å². The van der Waals surface area contributed by atoms with Gasteiger partial charge in [-0.3, -0.25) is 23.4 Å². The Morgan fingerprint density at radius 2 is 2.00 bits per heavy atom. The number of ether oxygens (including phenoxy) is 1. The van der Waals surface area contributed by atoms with E-state index >= 15 is 4.39 Å². The summed E-state index contributed by atoms with van der Waals surface area (Å²) in [6.45, 7) is -5.58. The number of rotatable bonds is 1. The van der Waals surface area contributed by atoms with Crippen molar-refractivity contribution in [2.75, 3.05) is 12.3 Å². The lowest BCUT2D eigenvalue weighted by Crippen LogP contribution is -2.36. The van der Waals surface area contributed by atoms with Crippen LogP contribution < -0.4 is 11.3 Å². The van der Waals surface area contributed by atoms with Gasteiger partial charge in [-0.2, -0.15) is 4.98 Å².